The summed E-state index contributed by atoms with van der Waals surface area (Å²) in [6, 6.07) is 14.6. The van der Waals surface area contributed by atoms with Gasteiger partial charge in [-0.25, -0.2) is 0 Å². The van der Waals surface area contributed by atoms with Gasteiger partial charge in [0.25, 0.3) is 0 Å². The topological polar surface area (TPSA) is 49.4 Å². The minimum Gasteiger partial charge on any atom is -0.352 e. The van der Waals surface area contributed by atoms with Crippen LogP contribution in [-0.2, 0) is 22.6 Å². The molecule has 2 aromatic rings. The van der Waals surface area contributed by atoms with Crippen LogP contribution in [-0.4, -0.2) is 28.8 Å². The van der Waals surface area contributed by atoms with E-state index in [9.17, 15) is 9.59 Å². The summed E-state index contributed by atoms with van der Waals surface area (Å²) >= 11 is 12.3. The second-order valence-corrected chi connectivity index (χ2v) is 8.68. The maximum absolute atomic E-state index is 13.4. The zero-order valence-electron chi connectivity index (χ0n) is 17.2. The Labute approximate surface area is 188 Å². The van der Waals surface area contributed by atoms with Gasteiger partial charge in [0.2, 0.25) is 11.8 Å². The van der Waals surface area contributed by atoms with Gasteiger partial charge in [-0.05, 0) is 42.5 Å². The molecule has 1 atom stereocenters. The molecular weight excluding hydrogens is 419 g/mol. The first-order chi connectivity index (χ1) is 14.5. The molecule has 6 heteroatoms. The average Bonchev–Trinajstić information content (AvgIpc) is 3.23. The number of hydrogen-bond donors (Lipinski definition) is 1. The molecule has 0 aliphatic heterocycles. The lowest BCUT2D eigenvalue weighted by Gasteiger charge is -2.31. The van der Waals surface area contributed by atoms with Crippen LogP contribution >= 0.6 is 23.2 Å². The number of amides is 2. The third-order valence-electron chi connectivity index (χ3n) is 5.64. The average molecular weight is 447 g/mol. The van der Waals surface area contributed by atoms with E-state index < -0.39 is 6.04 Å². The van der Waals surface area contributed by atoms with E-state index in [-0.39, 0.29) is 24.3 Å². The molecule has 0 aromatic heterocycles. The van der Waals surface area contributed by atoms with Gasteiger partial charge in [0, 0.05) is 22.6 Å². The SMILES string of the molecule is CC[C@H](C(=O)NC1CCCC1)N(Cc1ccccc1)C(=O)Cc1ccc(Cl)cc1Cl. The van der Waals surface area contributed by atoms with Gasteiger partial charge in [0.05, 0.1) is 6.42 Å². The molecule has 0 saturated heterocycles. The van der Waals surface area contributed by atoms with Crippen LogP contribution in [0.1, 0.15) is 50.2 Å². The first kappa shape index (κ1) is 22.6. The van der Waals surface area contributed by atoms with E-state index >= 15 is 0 Å². The van der Waals surface area contributed by atoms with E-state index in [1.807, 2.05) is 37.3 Å². The molecule has 0 bridgehead atoms. The van der Waals surface area contributed by atoms with Gasteiger partial charge in [-0.3, -0.25) is 9.59 Å². The second kappa shape index (κ2) is 10.8. The Hall–Kier alpha value is -2.04. The third-order valence-corrected chi connectivity index (χ3v) is 6.23. The highest BCUT2D eigenvalue weighted by Gasteiger charge is 2.30. The van der Waals surface area contributed by atoms with Gasteiger partial charge >= 0.3 is 0 Å². The lowest BCUT2D eigenvalue weighted by Crippen LogP contribution is -2.51. The normalized spacial score (nSPS) is 15.0. The highest BCUT2D eigenvalue weighted by atomic mass is 35.5. The Bertz CT molecular complexity index is 867. The smallest absolute Gasteiger partial charge is 0.243 e. The molecule has 2 amide bonds. The summed E-state index contributed by atoms with van der Waals surface area (Å²) in [6.07, 6.45) is 4.97. The summed E-state index contributed by atoms with van der Waals surface area (Å²) in [6.45, 7) is 2.32. The second-order valence-electron chi connectivity index (χ2n) is 7.83. The summed E-state index contributed by atoms with van der Waals surface area (Å²) in [5.41, 5.74) is 1.69. The Balaban J connectivity index is 1.81. The van der Waals surface area contributed by atoms with Crippen LogP contribution in [0.15, 0.2) is 48.5 Å². The molecule has 2 aromatic carbocycles. The summed E-state index contributed by atoms with van der Waals surface area (Å²) in [4.78, 5) is 28.1. The van der Waals surface area contributed by atoms with E-state index in [2.05, 4.69) is 5.32 Å². The maximum atomic E-state index is 13.4. The molecule has 0 unspecified atom stereocenters. The number of nitrogens with one attached hydrogen (secondary N) is 1. The number of halogens is 2. The molecule has 30 heavy (non-hydrogen) atoms. The molecule has 0 radical (unpaired) electrons. The Morgan fingerprint density at radius 3 is 2.43 bits per heavy atom. The van der Waals surface area contributed by atoms with Crippen LogP contribution < -0.4 is 5.32 Å². The van der Waals surface area contributed by atoms with Gasteiger partial charge in [0.1, 0.15) is 6.04 Å². The summed E-state index contributed by atoms with van der Waals surface area (Å²) in [5.74, 6) is -0.201. The summed E-state index contributed by atoms with van der Waals surface area (Å²) < 4.78 is 0. The lowest BCUT2D eigenvalue weighted by molar-refractivity contribution is -0.141. The first-order valence-corrected chi connectivity index (χ1v) is 11.3. The van der Waals surface area contributed by atoms with E-state index in [1.54, 1.807) is 23.1 Å². The van der Waals surface area contributed by atoms with Crippen LogP contribution in [0, 0.1) is 0 Å². The lowest BCUT2D eigenvalue weighted by atomic mass is 10.1. The van der Waals surface area contributed by atoms with E-state index in [1.165, 1.54) is 0 Å². The first-order valence-electron chi connectivity index (χ1n) is 10.6. The van der Waals surface area contributed by atoms with Crippen molar-refractivity contribution in [3.05, 3.63) is 69.7 Å². The molecule has 1 saturated carbocycles. The van der Waals surface area contributed by atoms with Crippen molar-refractivity contribution < 1.29 is 9.59 Å². The predicted octanol–water partition coefficient (Wildman–Crippen LogP) is 5.40. The Morgan fingerprint density at radius 1 is 1.10 bits per heavy atom. The van der Waals surface area contributed by atoms with Gasteiger partial charge in [-0.15, -0.1) is 0 Å². The van der Waals surface area contributed by atoms with Crippen molar-refractivity contribution in [3.63, 3.8) is 0 Å². The Morgan fingerprint density at radius 2 is 1.80 bits per heavy atom. The van der Waals surface area contributed by atoms with Gasteiger partial charge in [0.15, 0.2) is 0 Å². The van der Waals surface area contributed by atoms with Gasteiger partial charge < -0.3 is 10.2 Å². The van der Waals surface area contributed by atoms with Crippen molar-refractivity contribution in [2.24, 2.45) is 0 Å². The maximum Gasteiger partial charge on any atom is 0.243 e. The standard InChI is InChI=1S/C24H28Cl2N2O2/c1-2-22(24(30)27-20-10-6-7-11-20)28(16-17-8-4-3-5-9-17)23(29)14-18-12-13-19(25)15-21(18)26/h3-5,8-9,12-13,15,20,22H,2,6-7,10-11,14,16H2,1H3,(H,27,30)/t22-/m1/s1. The van der Waals surface area contributed by atoms with E-state index in [0.29, 0.717) is 28.6 Å². The largest absolute Gasteiger partial charge is 0.352 e. The number of hydrogen-bond acceptors (Lipinski definition) is 2. The van der Waals surface area contributed by atoms with Crippen LogP contribution in [0.25, 0.3) is 0 Å². The van der Waals surface area contributed by atoms with Crippen molar-refractivity contribution in [1.82, 2.24) is 10.2 Å². The van der Waals surface area contributed by atoms with Crippen LogP contribution in [0.4, 0.5) is 0 Å². The van der Waals surface area contributed by atoms with Gasteiger partial charge in [-0.2, -0.15) is 0 Å². The van der Waals surface area contributed by atoms with Crippen LogP contribution in [0.3, 0.4) is 0 Å². The van der Waals surface area contributed by atoms with E-state index in [0.717, 1.165) is 31.2 Å². The zero-order valence-corrected chi connectivity index (χ0v) is 18.8. The number of rotatable bonds is 8. The fourth-order valence-corrected chi connectivity index (χ4v) is 4.47. The number of nitrogens with zero attached hydrogens (tertiary/aromatic N) is 1. The molecule has 160 valence electrons. The number of carbonyl (C=O) groups excluding carboxylic acids is 2. The molecule has 0 heterocycles. The highest BCUT2D eigenvalue weighted by molar-refractivity contribution is 6.35. The molecule has 1 fully saturated rings. The predicted molar refractivity (Wildman–Crippen MR) is 122 cm³/mol. The highest BCUT2D eigenvalue weighted by Crippen LogP contribution is 2.23. The van der Waals surface area contributed by atoms with Crippen LogP contribution in [0.5, 0.6) is 0 Å². The minimum atomic E-state index is -0.524. The van der Waals surface area contributed by atoms with Crippen molar-refractivity contribution in [3.8, 4) is 0 Å². The molecule has 1 aliphatic carbocycles. The summed E-state index contributed by atoms with van der Waals surface area (Å²) in [5, 5.41) is 4.14. The number of carbonyl (C=O) groups is 2. The zero-order chi connectivity index (χ0) is 21.5. The van der Waals surface area contributed by atoms with Crippen molar-refractivity contribution >= 4 is 35.0 Å². The third kappa shape index (κ3) is 5.99. The van der Waals surface area contributed by atoms with Crippen molar-refractivity contribution in [2.75, 3.05) is 0 Å². The molecule has 1 N–H and O–H groups in total. The van der Waals surface area contributed by atoms with Crippen LogP contribution in [0.2, 0.25) is 10.0 Å². The van der Waals surface area contributed by atoms with E-state index in [4.69, 9.17) is 23.2 Å². The van der Waals surface area contributed by atoms with Crippen molar-refractivity contribution in [2.45, 2.75) is 64.1 Å². The summed E-state index contributed by atoms with van der Waals surface area (Å²) in [7, 11) is 0. The quantitative estimate of drug-likeness (QED) is 0.589. The molecule has 0 spiro atoms. The molecule has 4 nitrogen and oxygen atoms in total. The molecular formula is C24H28Cl2N2O2. The van der Waals surface area contributed by atoms with Gasteiger partial charge in [-0.1, -0.05) is 79.4 Å². The minimum absolute atomic E-state index is 0.0733. The monoisotopic (exact) mass is 446 g/mol. The molecule has 1 aliphatic rings. The molecule has 3 rings (SSSR count). The fraction of sp³-hybridized carbons (Fsp3) is 0.417. The fourth-order valence-electron chi connectivity index (χ4n) is 4.00. The number of benzene rings is 2. The van der Waals surface area contributed by atoms with Crippen molar-refractivity contribution in [1.29, 1.82) is 0 Å². The Kier molecular flexibility index (Phi) is 8.17.